The fourth-order valence-electron chi connectivity index (χ4n) is 6.21. The summed E-state index contributed by atoms with van der Waals surface area (Å²) in [5, 5.41) is 13.2. The lowest BCUT2D eigenvalue weighted by Gasteiger charge is -2.37. The zero-order valence-electron chi connectivity index (χ0n) is 19.7. The lowest BCUT2D eigenvalue weighted by Crippen LogP contribution is -2.38. The third kappa shape index (κ3) is 3.03. The van der Waals surface area contributed by atoms with E-state index in [1.54, 1.807) is 24.5 Å². The van der Waals surface area contributed by atoms with Crippen molar-refractivity contribution >= 4 is 5.91 Å². The van der Waals surface area contributed by atoms with Gasteiger partial charge in [0, 0.05) is 12.4 Å². The van der Waals surface area contributed by atoms with Crippen LogP contribution in [0.2, 0.25) is 0 Å². The lowest BCUT2D eigenvalue weighted by atomic mass is 9.66. The number of hydrogen-bond donors (Lipinski definition) is 1. The van der Waals surface area contributed by atoms with Crippen LogP contribution in [-0.2, 0) is 16.8 Å². The van der Waals surface area contributed by atoms with Crippen molar-refractivity contribution in [2.24, 2.45) is 11.1 Å². The van der Waals surface area contributed by atoms with E-state index in [1.807, 2.05) is 6.07 Å². The Morgan fingerprint density at radius 2 is 1.92 bits per heavy atom. The molecule has 6 rings (SSSR count). The number of primary amides is 1. The van der Waals surface area contributed by atoms with Gasteiger partial charge in [-0.15, -0.1) is 5.10 Å². The summed E-state index contributed by atoms with van der Waals surface area (Å²) in [6, 6.07) is 9.18. The third-order valence-corrected chi connectivity index (χ3v) is 7.88. The summed E-state index contributed by atoms with van der Waals surface area (Å²) in [6.45, 7) is 4.32. The Morgan fingerprint density at radius 3 is 2.67 bits per heavy atom. The first kappa shape index (κ1) is 22.4. The number of nitrogens with two attached hydrogens (primary N) is 1. The molecule has 1 fully saturated rings. The number of carbonyl (C=O) groups excluding carboxylic acids is 1. The predicted octanol–water partition coefficient (Wildman–Crippen LogP) is 3.76. The van der Waals surface area contributed by atoms with Crippen LogP contribution in [-0.4, -0.2) is 35.9 Å². The minimum Gasteiger partial charge on any atom is -0.368 e. The molecule has 0 radical (unpaired) electrons. The van der Waals surface area contributed by atoms with Crippen LogP contribution >= 0.6 is 0 Å². The molecular formula is C26H23F2N7O. The third-order valence-electron chi connectivity index (χ3n) is 7.88. The standard InChI is InChI=1S/C26H23F2N7O/c1-25(2)15-6-9-26(25,20-7-10-30-24(31-20)18-8-11-35(34-18)13-21(29)36)23-14(15)12-19(32-33-23)22-16(27)4-3-5-17(22)28/h3-5,7-8,10-12,15H,6,9,13H2,1-2H3,(H2,29,36)/t15-,26-/m0/s1. The second-order valence-electron chi connectivity index (χ2n) is 9.98. The fourth-order valence-corrected chi connectivity index (χ4v) is 6.21. The second-order valence-corrected chi connectivity index (χ2v) is 9.98. The zero-order chi connectivity index (χ0) is 25.2. The average Bonchev–Trinajstić information content (AvgIpc) is 3.46. The number of nitrogens with zero attached hydrogens (tertiary/aromatic N) is 6. The molecule has 10 heteroatoms. The molecule has 2 N–H and O–H groups in total. The van der Waals surface area contributed by atoms with Crippen LogP contribution in [0, 0.1) is 17.0 Å². The molecule has 8 nitrogen and oxygen atoms in total. The molecule has 36 heavy (non-hydrogen) atoms. The number of halogens is 2. The van der Waals surface area contributed by atoms with Gasteiger partial charge < -0.3 is 5.73 Å². The van der Waals surface area contributed by atoms with Gasteiger partial charge in [-0.05, 0) is 60.1 Å². The Kier molecular flexibility index (Phi) is 4.79. The van der Waals surface area contributed by atoms with Gasteiger partial charge in [0.1, 0.15) is 23.9 Å². The normalized spacial score (nSPS) is 21.5. The number of carbonyl (C=O) groups is 1. The SMILES string of the molecule is CC1(C)[C@H]2CC[C@]1(c1ccnc(-c3ccn(CC(N)=O)n3)n1)c1nnc(-c3c(F)cccc3F)cc12. The first-order valence-corrected chi connectivity index (χ1v) is 11.7. The van der Waals surface area contributed by atoms with Gasteiger partial charge in [0.15, 0.2) is 5.82 Å². The van der Waals surface area contributed by atoms with E-state index in [4.69, 9.17) is 10.7 Å². The van der Waals surface area contributed by atoms with Crippen molar-refractivity contribution in [2.45, 2.75) is 44.6 Å². The van der Waals surface area contributed by atoms with Crippen molar-refractivity contribution in [3.05, 3.63) is 77.4 Å². The van der Waals surface area contributed by atoms with Crippen LogP contribution < -0.4 is 5.73 Å². The number of benzene rings is 1. The van der Waals surface area contributed by atoms with Crippen molar-refractivity contribution in [2.75, 3.05) is 0 Å². The highest BCUT2D eigenvalue weighted by Crippen LogP contribution is 2.69. The van der Waals surface area contributed by atoms with Crippen molar-refractivity contribution in [1.82, 2.24) is 29.9 Å². The van der Waals surface area contributed by atoms with Crippen LogP contribution in [0.4, 0.5) is 8.78 Å². The smallest absolute Gasteiger partial charge is 0.239 e. The molecule has 3 aromatic heterocycles. The van der Waals surface area contributed by atoms with E-state index in [1.165, 1.54) is 22.9 Å². The maximum atomic E-state index is 14.5. The maximum absolute atomic E-state index is 14.5. The Bertz CT molecular complexity index is 1510. The molecule has 1 amide bonds. The molecule has 3 heterocycles. The van der Waals surface area contributed by atoms with E-state index < -0.39 is 23.0 Å². The summed E-state index contributed by atoms with van der Waals surface area (Å²) < 4.78 is 30.4. The minimum absolute atomic E-state index is 0.0355. The van der Waals surface area contributed by atoms with Gasteiger partial charge in [-0.3, -0.25) is 9.48 Å². The Hall–Kier alpha value is -4.08. The molecule has 0 aliphatic heterocycles. The van der Waals surface area contributed by atoms with Crippen LogP contribution in [0.15, 0.2) is 48.8 Å². The molecule has 0 saturated heterocycles. The molecule has 4 aromatic rings. The van der Waals surface area contributed by atoms with Gasteiger partial charge >= 0.3 is 0 Å². The minimum atomic E-state index is -0.669. The Labute approximate surface area is 205 Å². The molecule has 2 atom stereocenters. The lowest BCUT2D eigenvalue weighted by molar-refractivity contribution is -0.118. The molecule has 2 bridgehead atoms. The van der Waals surface area contributed by atoms with Gasteiger partial charge in [0.25, 0.3) is 0 Å². The highest BCUT2D eigenvalue weighted by Gasteiger charge is 2.65. The highest BCUT2D eigenvalue weighted by atomic mass is 19.1. The predicted molar refractivity (Wildman–Crippen MR) is 126 cm³/mol. The van der Waals surface area contributed by atoms with E-state index in [0.717, 1.165) is 29.8 Å². The van der Waals surface area contributed by atoms with Gasteiger partial charge in [-0.2, -0.15) is 10.2 Å². The van der Waals surface area contributed by atoms with E-state index >= 15 is 0 Å². The summed E-state index contributed by atoms with van der Waals surface area (Å²) in [7, 11) is 0. The summed E-state index contributed by atoms with van der Waals surface area (Å²) >= 11 is 0. The van der Waals surface area contributed by atoms with E-state index in [9.17, 15) is 13.6 Å². The monoisotopic (exact) mass is 487 g/mol. The highest BCUT2D eigenvalue weighted by molar-refractivity contribution is 5.73. The van der Waals surface area contributed by atoms with Gasteiger partial charge in [-0.1, -0.05) is 19.9 Å². The molecule has 1 saturated carbocycles. The molecule has 1 aromatic carbocycles. The molecule has 0 spiro atoms. The van der Waals surface area contributed by atoms with E-state index in [0.29, 0.717) is 11.5 Å². The van der Waals surface area contributed by atoms with Crippen LogP contribution in [0.25, 0.3) is 22.8 Å². The number of aromatic nitrogens is 6. The number of fused-ring (bicyclic) bond motifs is 5. The quantitative estimate of drug-likeness (QED) is 0.459. The number of rotatable bonds is 5. The summed E-state index contributed by atoms with van der Waals surface area (Å²) in [4.78, 5) is 20.6. The van der Waals surface area contributed by atoms with Crippen LogP contribution in [0.5, 0.6) is 0 Å². The first-order valence-electron chi connectivity index (χ1n) is 11.7. The van der Waals surface area contributed by atoms with Crippen molar-refractivity contribution in [3.63, 3.8) is 0 Å². The molecular weight excluding hydrogens is 464 g/mol. The Balaban J connectivity index is 1.46. The zero-order valence-corrected chi connectivity index (χ0v) is 19.7. The summed E-state index contributed by atoms with van der Waals surface area (Å²) in [5.74, 6) is -1.27. The Morgan fingerprint density at radius 1 is 1.14 bits per heavy atom. The van der Waals surface area contributed by atoms with E-state index in [2.05, 4.69) is 34.1 Å². The van der Waals surface area contributed by atoms with Crippen LogP contribution in [0.3, 0.4) is 0 Å². The van der Waals surface area contributed by atoms with E-state index in [-0.39, 0.29) is 29.1 Å². The molecule has 2 aliphatic rings. The van der Waals surface area contributed by atoms with Gasteiger partial charge in [0.2, 0.25) is 5.91 Å². The second kappa shape index (κ2) is 7.71. The van der Waals surface area contributed by atoms with Crippen molar-refractivity contribution in [1.29, 1.82) is 0 Å². The van der Waals surface area contributed by atoms with Crippen molar-refractivity contribution in [3.8, 4) is 22.8 Å². The molecule has 182 valence electrons. The molecule has 0 unspecified atom stereocenters. The van der Waals surface area contributed by atoms with Crippen molar-refractivity contribution < 1.29 is 13.6 Å². The maximum Gasteiger partial charge on any atom is 0.239 e. The fraction of sp³-hybridized carbons (Fsp3) is 0.308. The van der Waals surface area contributed by atoms with Crippen LogP contribution in [0.1, 0.15) is 49.6 Å². The summed E-state index contributed by atoms with van der Waals surface area (Å²) in [6.07, 6.45) is 5.05. The number of hydrogen-bond acceptors (Lipinski definition) is 6. The largest absolute Gasteiger partial charge is 0.368 e. The topological polar surface area (TPSA) is 112 Å². The average molecular weight is 488 g/mol. The number of amides is 1. The summed E-state index contributed by atoms with van der Waals surface area (Å²) in [5.41, 5.74) is 7.53. The molecule has 2 aliphatic carbocycles. The van der Waals surface area contributed by atoms with Gasteiger partial charge in [0.05, 0.1) is 28.1 Å². The van der Waals surface area contributed by atoms with Gasteiger partial charge in [-0.25, -0.2) is 18.7 Å². The first-order chi connectivity index (χ1) is 17.2.